The number of hydrogen-bond donors (Lipinski definition) is 1. The second kappa shape index (κ2) is 11.9. The van der Waals surface area contributed by atoms with Gasteiger partial charge in [0.25, 0.3) is 10.0 Å². The number of carbonyl (C=O) groups excluding carboxylic acids is 1. The Morgan fingerprint density at radius 1 is 0.907 bits per heavy atom. The number of rotatable bonds is 9. The molecule has 0 saturated heterocycles. The zero-order valence-corrected chi connectivity index (χ0v) is 24.9. The van der Waals surface area contributed by atoms with Crippen molar-refractivity contribution in [1.29, 1.82) is 0 Å². The van der Waals surface area contributed by atoms with Gasteiger partial charge in [0.05, 0.1) is 22.5 Å². The highest BCUT2D eigenvalue weighted by molar-refractivity contribution is 7.90. The van der Waals surface area contributed by atoms with Crippen LogP contribution in [0.25, 0.3) is 21.8 Å². The van der Waals surface area contributed by atoms with Gasteiger partial charge in [0.1, 0.15) is 12.4 Å². The predicted octanol–water partition coefficient (Wildman–Crippen LogP) is 6.83. The second-order valence-electron chi connectivity index (χ2n) is 10.3. The number of sulfonamides is 1. The molecular formula is C34H28ClN3O4S. The smallest absolute Gasteiger partial charge is 0.264 e. The SMILES string of the molecule is Cc1c(CC(=O)NS(=O)(=O)c2ccccc2)c2cc(OCc3ccc4ccccc4n3)ccc2n1Cc1ccc(Cl)cc1. The summed E-state index contributed by atoms with van der Waals surface area (Å²) < 4.78 is 36.2. The van der Waals surface area contributed by atoms with Gasteiger partial charge in [0, 0.05) is 33.6 Å². The van der Waals surface area contributed by atoms with Gasteiger partial charge in [-0.15, -0.1) is 0 Å². The van der Waals surface area contributed by atoms with Gasteiger partial charge in [-0.2, -0.15) is 0 Å². The van der Waals surface area contributed by atoms with Crippen molar-refractivity contribution < 1.29 is 17.9 Å². The molecule has 1 N–H and O–H groups in total. The van der Waals surface area contributed by atoms with E-state index in [0.29, 0.717) is 17.3 Å². The van der Waals surface area contributed by atoms with Crippen molar-refractivity contribution in [3.63, 3.8) is 0 Å². The van der Waals surface area contributed by atoms with E-state index in [1.54, 1.807) is 18.2 Å². The van der Waals surface area contributed by atoms with Crippen molar-refractivity contribution >= 4 is 49.3 Å². The number of carbonyl (C=O) groups is 1. The van der Waals surface area contributed by atoms with Crippen LogP contribution in [-0.4, -0.2) is 23.9 Å². The van der Waals surface area contributed by atoms with E-state index in [4.69, 9.17) is 21.3 Å². The molecule has 7 nitrogen and oxygen atoms in total. The Hall–Kier alpha value is -4.66. The molecule has 1 amide bonds. The van der Waals surface area contributed by atoms with Crippen LogP contribution in [-0.2, 0) is 34.4 Å². The van der Waals surface area contributed by atoms with Gasteiger partial charge in [-0.1, -0.05) is 66.2 Å². The van der Waals surface area contributed by atoms with E-state index in [1.165, 1.54) is 12.1 Å². The monoisotopic (exact) mass is 609 g/mol. The molecule has 0 spiro atoms. The lowest BCUT2D eigenvalue weighted by molar-refractivity contribution is -0.118. The zero-order valence-electron chi connectivity index (χ0n) is 23.3. The fourth-order valence-corrected chi connectivity index (χ4v) is 6.30. The molecule has 0 radical (unpaired) electrons. The van der Waals surface area contributed by atoms with Crippen molar-refractivity contribution in [2.75, 3.05) is 0 Å². The Morgan fingerprint density at radius 2 is 1.65 bits per heavy atom. The first-order valence-corrected chi connectivity index (χ1v) is 15.6. The number of pyridine rings is 1. The molecule has 0 bridgehead atoms. The Bertz CT molecular complexity index is 2060. The molecule has 2 heterocycles. The molecule has 0 fully saturated rings. The summed E-state index contributed by atoms with van der Waals surface area (Å²) in [5, 5.41) is 2.52. The minimum absolute atomic E-state index is 0.0308. The molecule has 0 saturated carbocycles. The minimum atomic E-state index is -4.01. The van der Waals surface area contributed by atoms with Crippen LogP contribution in [0.3, 0.4) is 0 Å². The number of benzene rings is 4. The molecule has 216 valence electrons. The molecular weight excluding hydrogens is 582 g/mol. The highest BCUT2D eigenvalue weighted by Gasteiger charge is 2.22. The lowest BCUT2D eigenvalue weighted by Gasteiger charge is -2.10. The van der Waals surface area contributed by atoms with Crippen LogP contribution in [0.15, 0.2) is 114 Å². The molecule has 0 unspecified atom stereocenters. The third-order valence-electron chi connectivity index (χ3n) is 7.36. The van der Waals surface area contributed by atoms with Gasteiger partial charge in [-0.25, -0.2) is 18.1 Å². The van der Waals surface area contributed by atoms with Gasteiger partial charge in [-0.3, -0.25) is 4.79 Å². The van der Waals surface area contributed by atoms with E-state index in [1.807, 2.05) is 85.8 Å². The normalized spacial score (nSPS) is 11.6. The van der Waals surface area contributed by atoms with E-state index in [0.717, 1.165) is 44.3 Å². The quantitative estimate of drug-likeness (QED) is 0.194. The van der Waals surface area contributed by atoms with Gasteiger partial charge in [0.15, 0.2) is 0 Å². The molecule has 9 heteroatoms. The van der Waals surface area contributed by atoms with Crippen LogP contribution in [0, 0.1) is 6.92 Å². The highest BCUT2D eigenvalue weighted by atomic mass is 35.5. The molecule has 0 aliphatic rings. The minimum Gasteiger partial charge on any atom is -0.487 e. The first kappa shape index (κ1) is 28.5. The van der Waals surface area contributed by atoms with Gasteiger partial charge < -0.3 is 9.30 Å². The van der Waals surface area contributed by atoms with Gasteiger partial charge >= 0.3 is 0 Å². The summed E-state index contributed by atoms with van der Waals surface area (Å²) in [5.41, 5.74) is 5.20. The summed E-state index contributed by atoms with van der Waals surface area (Å²) in [6.07, 6.45) is -0.127. The number of fused-ring (bicyclic) bond motifs is 2. The number of nitrogens with zero attached hydrogens (tertiary/aromatic N) is 2. The molecule has 43 heavy (non-hydrogen) atoms. The number of nitrogens with one attached hydrogen (secondary N) is 1. The van der Waals surface area contributed by atoms with Crippen LogP contribution in [0.4, 0.5) is 0 Å². The number of hydrogen-bond acceptors (Lipinski definition) is 5. The largest absolute Gasteiger partial charge is 0.487 e. The fraction of sp³-hybridized carbons (Fsp3) is 0.118. The third kappa shape index (κ3) is 6.26. The van der Waals surface area contributed by atoms with Crippen molar-refractivity contribution in [3.8, 4) is 5.75 Å². The summed E-state index contributed by atoms with van der Waals surface area (Å²) >= 11 is 6.10. The van der Waals surface area contributed by atoms with Crippen LogP contribution >= 0.6 is 11.6 Å². The van der Waals surface area contributed by atoms with Crippen LogP contribution in [0.5, 0.6) is 5.75 Å². The number of aromatic nitrogens is 2. The van der Waals surface area contributed by atoms with Crippen LogP contribution in [0.2, 0.25) is 5.02 Å². The van der Waals surface area contributed by atoms with Gasteiger partial charge in [0.2, 0.25) is 5.91 Å². The summed E-state index contributed by atoms with van der Waals surface area (Å²) in [4.78, 5) is 17.9. The van der Waals surface area contributed by atoms with E-state index < -0.39 is 15.9 Å². The number of para-hydroxylation sites is 1. The Morgan fingerprint density at radius 3 is 2.44 bits per heavy atom. The summed E-state index contributed by atoms with van der Waals surface area (Å²) in [7, 11) is -4.01. The van der Waals surface area contributed by atoms with Crippen molar-refractivity contribution in [2.24, 2.45) is 0 Å². The predicted molar refractivity (Wildman–Crippen MR) is 169 cm³/mol. The summed E-state index contributed by atoms with van der Waals surface area (Å²) in [6.45, 7) is 2.75. The van der Waals surface area contributed by atoms with E-state index in [-0.39, 0.29) is 17.9 Å². The Kier molecular flexibility index (Phi) is 7.88. The Balaban J connectivity index is 1.31. The summed E-state index contributed by atoms with van der Waals surface area (Å²) in [5.74, 6) is -0.00570. The number of halogens is 1. The molecule has 6 rings (SSSR count). The molecule has 2 aromatic heterocycles. The molecule has 4 aromatic carbocycles. The molecule has 0 aliphatic carbocycles. The topological polar surface area (TPSA) is 90.3 Å². The molecule has 0 atom stereocenters. The van der Waals surface area contributed by atoms with Gasteiger partial charge in [-0.05, 0) is 72.6 Å². The second-order valence-corrected chi connectivity index (χ2v) is 12.4. The number of amides is 1. The summed E-state index contributed by atoms with van der Waals surface area (Å²) in [6, 6.07) is 33.1. The zero-order chi connectivity index (χ0) is 30.0. The highest BCUT2D eigenvalue weighted by Crippen LogP contribution is 2.31. The maximum atomic E-state index is 13.2. The van der Waals surface area contributed by atoms with Crippen molar-refractivity contribution in [3.05, 3.63) is 137 Å². The van der Waals surface area contributed by atoms with Crippen LogP contribution in [0.1, 0.15) is 22.5 Å². The maximum absolute atomic E-state index is 13.2. The van der Waals surface area contributed by atoms with Crippen molar-refractivity contribution in [1.82, 2.24) is 14.3 Å². The lowest BCUT2D eigenvalue weighted by Crippen LogP contribution is -2.31. The van der Waals surface area contributed by atoms with E-state index in [2.05, 4.69) is 9.29 Å². The first-order valence-electron chi connectivity index (χ1n) is 13.7. The molecule has 0 aliphatic heterocycles. The first-order chi connectivity index (χ1) is 20.8. The Labute approximate surface area is 254 Å². The standard InChI is InChI=1S/C34H28ClN3O4S/c1-23-30(20-34(39)37-43(40,41)29-8-3-2-4-9-29)31-19-28(42-22-27-16-13-25-7-5-6-10-32(25)36-27)17-18-33(31)38(23)21-24-11-14-26(35)15-12-24/h2-19H,20-22H2,1H3,(H,37,39). The number of ether oxygens (including phenoxy) is 1. The maximum Gasteiger partial charge on any atom is 0.264 e. The average Bonchev–Trinajstić information content (AvgIpc) is 3.26. The molecule has 6 aromatic rings. The van der Waals surface area contributed by atoms with Crippen molar-refractivity contribution in [2.45, 2.75) is 31.4 Å². The lowest BCUT2D eigenvalue weighted by atomic mass is 10.1. The van der Waals surface area contributed by atoms with E-state index in [9.17, 15) is 13.2 Å². The fourth-order valence-electron chi connectivity index (χ4n) is 5.17. The van der Waals surface area contributed by atoms with Crippen LogP contribution < -0.4 is 9.46 Å². The third-order valence-corrected chi connectivity index (χ3v) is 9.00. The van der Waals surface area contributed by atoms with E-state index >= 15 is 0 Å². The average molecular weight is 610 g/mol.